The Labute approximate surface area is 277 Å². The van der Waals surface area contributed by atoms with E-state index in [0.717, 1.165) is 6.07 Å². The largest absolute Gasteiger partial charge is 0.633 e. The van der Waals surface area contributed by atoms with Crippen molar-refractivity contribution in [3.05, 3.63) is 135 Å². The van der Waals surface area contributed by atoms with Gasteiger partial charge in [0.25, 0.3) is 0 Å². The number of halogens is 16. The molecular weight excluding hydrogens is 743 g/mol. The van der Waals surface area contributed by atoms with Crippen LogP contribution in [0.4, 0.5) is 70.2 Å². The second kappa shape index (κ2) is 11.7. The Morgan fingerprint density at radius 2 is 0.981 bits per heavy atom. The van der Waals surface area contributed by atoms with Gasteiger partial charge >= 0.3 is 13.0 Å². The van der Waals surface area contributed by atoms with Crippen LogP contribution < -0.4 is 14.8 Å². The van der Waals surface area contributed by atoms with Gasteiger partial charge < -0.3 is 9.31 Å². The molecule has 0 fully saturated rings. The average molecular weight is 750 g/mol. The van der Waals surface area contributed by atoms with Crippen molar-refractivity contribution in [2.45, 2.75) is 5.92 Å². The highest BCUT2D eigenvalue weighted by molar-refractivity contribution is 6.66. The third-order valence-corrected chi connectivity index (χ3v) is 8.25. The predicted octanol–water partition coefficient (Wildman–Crippen LogP) is 9.91. The van der Waals surface area contributed by atoms with Gasteiger partial charge in [0.1, 0.15) is 11.6 Å². The van der Waals surface area contributed by atoms with Gasteiger partial charge in [-0.15, -0.1) is 0 Å². The maximum Gasteiger partial charge on any atom is 0.633 e. The van der Waals surface area contributed by atoms with Crippen molar-refractivity contribution in [1.82, 2.24) is 0 Å². The second-order valence-electron chi connectivity index (χ2n) is 11.0. The van der Waals surface area contributed by atoms with Gasteiger partial charge in [-0.25, -0.2) is 57.1 Å². The molecule has 0 unspecified atom stereocenters. The van der Waals surface area contributed by atoms with E-state index < -0.39 is 155 Å². The summed E-state index contributed by atoms with van der Waals surface area (Å²) in [4.78, 5) is 0. The van der Waals surface area contributed by atoms with Crippen LogP contribution in [0.5, 0.6) is 11.5 Å². The number of alkyl halides is 2. The second-order valence-corrected chi connectivity index (χ2v) is 11.0. The number of fused-ring (bicyclic) bond motifs is 5. The fraction of sp³-hybridized carbons (Fsp3) is 0.0303. The Hall–Kier alpha value is -5.62. The van der Waals surface area contributed by atoms with Crippen molar-refractivity contribution < 1.29 is 79.6 Å². The van der Waals surface area contributed by atoms with Gasteiger partial charge in [0.15, 0.2) is 75.6 Å². The highest BCUT2D eigenvalue weighted by atomic mass is 19.3. The summed E-state index contributed by atoms with van der Waals surface area (Å²) in [6, 6.07) is 4.13. The summed E-state index contributed by atoms with van der Waals surface area (Å²) in [6.45, 7) is 0. The van der Waals surface area contributed by atoms with E-state index in [9.17, 15) is 43.9 Å². The summed E-state index contributed by atoms with van der Waals surface area (Å²) >= 11 is 0. The van der Waals surface area contributed by atoms with Crippen LogP contribution in [0.3, 0.4) is 0 Å². The van der Waals surface area contributed by atoms with Crippen LogP contribution in [0.15, 0.2) is 42.5 Å². The van der Waals surface area contributed by atoms with Crippen LogP contribution in [-0.2, 0) is 5.92 Å². The molecule has 19 heteroatoms. The summed E-state index contributed by atoms with van der Waals surface area (Å²) in [5.41, 5.74) is -10.1. The Bertz CT molecular complexity index is 2570. The molecule has 0 saturated heterocycles. The first-order chi connectivity index (χ1) is 24.4. The minimum atomic E-state index is -5.33. The van der Waals surface area contributed by atoms with E-state index in [0.29, 0.717) is 36.4 Å². The van der Waals surface area contributed by atoms with Gasteiger partial charge in [-0.2, -0.15) is 13.2 Å². The molecule has 0 radical (unpaired) electrons. The molecule has 0 aromatic heterocycles. The summed E-state index contributed by atoms with van der Waals surface area (Å²) in [5.74, 6) is -41.9. The standard InChI is InChI=1S/C33H7BF16O2/c35-11-6-7-13(8-4-5-12(36)21(38)15(8)11)51-34(10-3-1-2-9-14(10)22(39)27(44)26(43)20(9)37)52-32-19-17(24(41)29(46)31(32)48)16-18(33(19,49)50)25(42)30(47)28(45)23(16)40/h1-7H. The lowest BCUT2D eigenvalue weighted by Crippen LogP contribution is -2.44. The van der Waals surface area contributed by atoms with Gasteiger partial charge in [0.05, 0.1) is 16.5 Å². The smallest absolute Gasteiger partial charge is 0.521 e. The third kappa shape index (κ3) is 4.63. The Morgan fingerprint density at radius 1 is 0.423 bits per heavy atom. The van der Waals surface area contributed by atoms with Crippen LogP contribution >= 0.6 is 0 Å². The fourth-order valence-corrected chi connectivity index (χ4v) is 5.97. The molecule has 0 N–H and O–H groups in total. The number of rotatable bonds is 5. The SMILES string of the molecule is Fc1ccc2c(OB(Oc3c(F)c(F)c(F)c4c3C(F)(F)c3c(F)c(F)c(F)c(F)c3-4)c3cccc4c(F)c(F)c(F)c(F)c34)ccc(F)c2c1F. The van der Waals surface area contributed by atoms with E-state index in [1.165, 1.54) is 0 Å². The van der Waals surface area contributed by atoms with E-state index in [4.69, 9.17) is 9.31 Å². The van der Waals surface area contributed by atoms with Gasteiger partial charge in [0, 0.05) is 32.7 Å². The molecule has 0 heterocycles. The molecular formula is C33H7BF16O2. The molecule has 266 valence electrons. The highest BCUT2D eigenvalue weighted by Gasteiger charge is 2.56. The van der Waals surface area contributed by atoms with Gasteiger partial charge in [-0.1, -0.05) is 18.2 Å². The number of hydrogen-bond donors (Lipinski definition) is 0. The maximum atomic E-state index is 15.9. The van der Waals surface area contributed by atoms with E-state index >= 15 is 26.3 Å². The summed E-state index contributed by atoms with van der Waals surface area (Å²) in [7, 11) is -2.93. The topological polar surface area (TPSA) is 18.5 Å². The molecule has 1 aliphatic rings. The average Bonchev–Trinajstić information content (AvgIpc) is 3.37. The van der Waals surface area contributed by atoms with Crippen LogP contribution in [0.1, 0.15) is 11.1 Å². The van der Waals surface area contributed by atoms with E-state index in [-0.39, 0.29) is 0 Å². The molecule has 6 aromatic rings. The Morgan fingerprint density at radius 3 is 1.65 bits per heavy atom. The zero-order valence-corrected chi connectivity index (χ0v) is 24.5. The van der Waals surface area contributed by atoms with Crippen LogP contribution in [0, 0.1) is 81.4 Å². The fourth-order valence-electron chi connectivity index (χ4n) is 5.97. The van der Waals surface area contributed by atoms with Crippen LogP contribution in [0.25, 0.3) is 32.7 Å². The van der Waals surface area contributed by atoms with E-state index in [2.05, 4.69) is 0 Å². The predicted molar refractivity (Wildman–Crippen MR) is 149 cm³/mol. The zero-order valence-electron chi connectivity index (χ0n) is 24.5. The van der Waals surface area contributed by atoms with Gasteiger partial charge in [0.2, 0.25) is 5.82 Å². The first kappa shape index (κ1) is 34.8. The zero-order chi connectivity index (χ0) is 37.9. The quantitative estimate of drug-likeness (QED) is 0.0757. The molecule has 0 saturated carbocycles. The minimum absolute atomic E-state index is 0.422. The van der Waals surface area contributed by atoms with Crippen LogP contribution in [0.2, 0.25) is 0 Å². The third-order valence-electron chi connectivity index (χ3n) is 8.25. The van der Waals surface area contributed by atoms with Crippen molar-refractivity contribution in [2.24, 2.45) is 0 Å². The molecule has 1 aliphatic carbocycles. The monoisotopic (exact) mass is 750 g/mol. The molecule has 0 amide bonds. The summed E-state index contributed by atoms with van der Waals surface area (Å²) in [6.07, 6.45) is 0. The first-order valence-electron chi connectivity index (χ1n) is 14.0. The number of benzene rings is 6. The molecule has 0 bridgehead atoms. The van der Waals surface area contributed by atoms with Crippen molar-refractivity contribution in [3.63, 3.8) is 0 Å². The maximum absolute atomic E-state index is 15.9. The molecule has 7 rings (SSSR count). The molecule has 0 atom stereocenters. The lowest BCUT2D eigenvalue weighted by Gasteiger charge is -2.23. The first-order valence-corrected chi connectivity index (χ1v) is 14.0. The summed E-state index contributed by atoms with van der Waals surface area (Å²) in [5, 5.41) is -4.37. The molecule has 0 spiro atoms. The Balaban J connectivity index is 1.55. The van der Waals surface area contributed by atoms with E-state index in [1.807, 2.05) is 0 Å². The van der Waals surface area contributed by atoms with Gasteiger partial charge in [-0.3, -0.25) is 0 Å². The molecule has 6 aromatic carbocycles. The molecule has 0 aliphatic heterocycles. The molecule has 52 heavy (non-hydrogen) atoms. The highest BCUT2D eigenvalue weighted by Crippen LogP contribution is 2.58. The molecule has 2 nitrogen and oxygen atoms in total. The minimum Gasteiger partial charge on any atom is -0.521 e. The number of hydrogen-bond acceptors (Lipinski definition) is 2. The van der Waals surface area contributed by atoms with Crippen molar-refractivity contribution in [2.75, 3.05) is 0 Å². The lowest BCUT2D eigenvalue weighted by atomic mass is 9.75. The van der Waals surface area contributed by atoms with Crippen molar-refractivity contribution in [3.8, 4) is 22.6 Å². The lowest BCUT2D eigenvalue weighted by molar-refractivity contribution is 0.0404. The van der Waals surface area contributed by atoms with Crippen molar-refractivity contribution in [1.29, 1.82) is 0 Å². The van der Waals surface area contributed by atoms with Gasteiger partial charge in [-0.05, 0) is 24.3 Å². The van der Waals surface area contributed by atoms with Crippen molar-refractivity contribution >= 4 is 34.1 Å². The van der Waals surface area contributed by atoms with Crippen LogP contribution in [-0.4, -0.2) is 7.12 Å². The summed E-state index contributed by atoms with van der Waals surface area (Å²) < 4.78 is 248. The normalized spacial score (nSPS) is 13.2. The Kier molecular flexibility index (Phi) is 7.84. The van der Waals surface area contributed by atoms with E-state index in [1.54, 1.807) is 0 Å².